The predicted octanol–water partition coefficient (Wildman–Crippen LogP) is 4.71. The van der Waals surface area contributed by atoms with Gasteiger partial charge in [-0.05, 0) is 42.5 Å². The monoisotopic (exact) mass is 558 g/mol. The van der Waals surface area contributed by atoms with Crippen LogP contribution in [-0.4, -0.2) is 33.8 Å². The van der Waals surface area contributed by atoms with Crippen molar-refractivity contribution in [3.05, 3.63) is 69.4 Å². The van der Waals surface area contributed by atoms with E-state index in [0.717, 1.165) is 42.7 Å². The largest absolute Gasteiger partial charge is 0.355 e. The highest BCUT2D eigenvalue weighted by Crippen LogP contribution is 2.17. The number of aliphatic imine (C=N–C) groups is 1. The third-order valence-electron chi connectivity index (χ3n) is 4.56. The topological polar surface area (TPSA) is 67.1 Å². The molecule has 1 atom stereocenters. The van der Waals surface area contributed by atoms with Gasteiger partial charge in [-0.15, -0.1) is 45.5 Å². The van der Waals surface area contributed by atoms with Crippen LogP contribution in [0.15, 0.2) is 53.1 Å². The smallest absolute Gasteiger partial charge is 0.191 e. The van der Waals surface area contributed by atoms with Crippen molar-refractivity contribution >= 4 is 52.9 Å². The Bertz CT molecular complexity index is 895. The van der Waals surface area contributed by atoms with Crippen molar-refractivity contribution in [2.24, 2.45) is 4.99 Å². The fraction of sp³-hybridized carbons (Fsp3) is 0.381. The number of benzene rings is 1. The maximum atomic E-state index is 5.97. The van der Waals surface area contributed by atoms with Crippen LogP contribution in [0.2, 0.25) is 5.02 Å². The number of hydrogen-bond donors (Lipinski definition) is 2. The molecule has 3 aromatic rings. The lowest BCUT2D eigenvalue weighted by Gasteiger charge is -2.18. The summed E-state index contributed by atoms with van der Waals surface area (Å²) >= 11 is 7.71. The van der Waals surface area contributed by atoms with Gasteiger partial charge in [-0.25, -0.2) is 0 Å². The van der Waals surface area contributed by atoms with Crippen molar-refractivity contribution in [1.29, 1.82) is 0 Å². The van der Waals surface area contributed by atoms with Crippen LogP contribution in [-0.2, 0) is 19.4 Å². The first-order chi connectivity index (χ1) is 14.2. The number of thiophene rings is 1. The molecule has 3 rings (SSSR count). The first kappa shape index (κ1) is 24.6. The lowest BCUT2D eigenvalue weighted by molar-refractivity contribution is 0.621. The summed E-state index contributed by atoms with van der Waals surface area (Å²) < 4.78 is 2.07. The Labute approximate surface area is 204 Å². The van der Waals surface area contributed by atoms with E-state index < -0.39 is 0 Å². The van der Waals surface area contributed by atoms with E-state index in [1.54, 1.807) is 17.7 Å². The van der Waals surface area contributed by atoms with Gasteiger partial charge in [0.2, 0.25) is 0 Å². The Hall–Kier alpha value is -1.65. The predicted molar refractivity (Wildman–Crippen MR) is 136 cm³/mol. The Balaban J connectivity index is 0.00000320. The Morgan fingerprint density at radius 1 is 1.27 bits per heavy atom. The number of aryl methyl sites for hydroxylation is 1. The van der Waals surface area contributed by atoms with Crippen LogP contribution in [0.3, 0.4) is 0 Å². The summed E-state index contributed by atoms with van der Waals surface area (Å²) in [6.45, 7) is 6.47. The molecule has 2 heterocycles. The van der Waals surface area contributed by atoms with E-state index in [9.17, 15) is 0 Å². The Kier molecular flexibility index (Phi) is 10.6. The van der Waals surface area contributed by atoms with Gasteiger partial charge in [0.1, 0.15) is 12.2 Å². The van der Waals surface area contributed by atoms with Crippen molar-refractivity contribution in [1.82, 2.24) is 25.4 Å². The Morgan fingerprint density at radius 2 is 2.07 bits per heavy atom. The number of nitrogens with one attached hydrogen (secondary N) is 2. The molecule has 0 spiro atoms. The Morgan fingerprint density at radius 3 is 2.77 bits per heavy atom. The summed E-state index contributed by atoms with van der Waals surface area (Å²) in [5, 5.41) is 17.9. The summed E-state index contributed by atoms with van der Waals surface area (Å²) in [6, 6.07) is 12.3. The second-order valence-electron chi connectivity index (χ2n) is 6.71. The van der Waals surface area contributed by atoms with Crippen LogP contribution < -0.4 is 10.6 Å². The quantitative estimate of drug-likeness (QED) is 0.227. The van der Waals surface area contributed by atoms with E-state index in [1.807, 2.05) is 24.3 Å². The molecule has 2 N–H and O–H groups in total. The molecule has 0 saturated carbocycles. The number of aromatic nitrogens is 3. The summed E-state index contributed by atoms with van der Waals surface area (Å²) in [5.41, 5.74) is 1.22. The van der Waals surface area contributed by atoms with Gasteiger partial charge in [0.25, 0.3) is 0 Å². The summed E-state index contributed by atoms with van der Waals surface area (Å²) in [5.74, 6) is 1.80. The highest BCUT2D eigenvalue weighted by Gasteiger charge is 2.09. The summed E-state index contributed by atoms with van der Waals surface area (Å²) in [6.07, 6.45) is 3.51. The molecule has 0 amide bonds. The highest BCUT2D eigenvalue weighted by atomic mass is 127. The minimum absolute atomic E-state index is 0. The van der Waals surface area contributed by atoms with Crippen molar-refractivity contribution in [2.45, 2.75) is 39.3 Å². The minimum Gasteiger partial charge on any atom is -0.355 e. The van der Waals surface area contributed by atoms with Gasteiger partial charge >= 0.3 is 0 Å². The molecule has 1 unspecified atom stereocenters. The van der Waals surface area contributed by atoms with Crippen molar-refractivity contribution in [2.75, 3.05) is 13.1 Å². The van der Waals surface area contributed by atoms with Crippen LogP contribution in [0, 0.1) is 0 Å². The van der Waals surface area contributed by atoms with Crippen molar-refractivity contribution in [3.8, 4) is 0 Å². The van der Waals surface area contributed by atoms with Crippen LogP contribution in [0.1, 0.15) is 36.2 Å². The molecule has 0 bridgehead atoms. The maximum absolute atomic E-state index is 5.97. The molecule has 6 nitrogen and oxygen atoms in total. The second kappa shape index (κ2) is 12.9. The van der Waals surface area contributed by atoms with Crippen LogP contribution in [0.5, 0.6) is 0 Å². The zero-order valence-corrected chi connectivity index (χ0v) is 21.1. The molecule has 2 aromatic heterocycles. The van der Waals surface area contributed by atoms with Gasteiger partial charge in [-0.3, -0.25) is 4.99 Å². The zero-order valence-electron chi connectivity index (χ0n) is 17.2. The first-order valence-corrected chi connectivity index (χ1v) is 11.1. The van der Waals surface area contributed by atoms with Gasteiger partial charge in [-0.2, -0.15) is 0 Å². The fourth-order valence-electron chi connectivity index (χ4n) is 2.95. The van der Waals surface area contributed by atoms with Gasteiger partial charge in [0, 0.05) is 36.0 Å². The molecule has 1 aromatic carbocycles. The molecule has 9 heteroatoms. The van der Waals surface area contributed by atoms with E-state index in [0.29, 0.717) is 6.54 Å². The zero-order chi connectivity index (χ0) is 20.5. The molecule has 0 aliphatic carbocycles. The van der Waals surface area contributed by atoms with Gasteiger partial charge in [0.05, 0.1) is 6.04 Å². The number of guanidine groups is 1. The highest BCUT2D eigenvalue weighted by molar-refractivity contribution is 14.0. The molecular weight excluding hydrogens is 531 g/mol. The van der Waals surface area contributed by atoms with E-state index >= 15 is 0 Å². The maximum Gasteiger partial charge on any atom is 0.191 e. The van der Waals surface area contributed by atoms with E-state index in [1.165, 1.54) is 10.4 Å². The molecule has 0 fully saturated rings. The van der Waals surface area contributed by atoms with Crippen LogP contribution >= 0.6 is 46.9 Å². The fourth-order valence-corrected chi connectivity index (χ4v) is 3.81. The average molecular weight is 559 g/mol. The van der Waals surface area contributed by atoms with E-state index in [4.69, 9.17) is 16.6 Å². The standard InChI is InChI=1S/C21H27ClN6S.HI/c1-3-20-27-25-15-28(20)13-12-24-21(26-16(2)19-5-4-14-29-19)23-11-10-17-6-8-18(22)9-7-17;/h4-9,14-16H,3,10-13H2,1-2H3,(H2,23,24,26);1H. The molecule has 0 aliphatic heterocycles. The van der Waals surface area contributed by atoms with Gasteiger partial charge in [-0.1, -0.05) is 36.7 Å². The second-order valence-corrected chi connectivity index (χ2v) is 8.12. The number of halogens is 2. The number of hydrogen-bond acceptors (Lipinski definition) is 4. The van der Waals surface area contributed by atoms with Gasteiger partial charge in [0.15, 0.2) is 5.96 Å². The normalized spacial score (nSPS) is 12.3. The molecule has 0 saturated heterocycles. The summed E-state index contributed by atoms with van der Waals surface area (Å²) in [4.78, 5) is 6.06. The molecule has 162 valence electrons. The molecule has 30 heavy (non-hydrogen) atoms. The lowest BCUT2D eigenvalue weighted by atomic mass is 10.1. The molecular formula is C21H28ClIN6S. The number of nitrogens with zero attached hydrogens (tertiary/aromatic N) is 4. The third-order valence-corrected chi connectivity index (χ3v) is 5.87. The summed E-state index contributed by atoms with van der Waals surface area (Å²) in [7, 11) is 0. The van der Waals surface area contributed by atoms with Gasteiger partial charge < -0.3 is 15.2 Å². The average Bonchev–Trinajstić information content (AvgIpc) is 3.41. The third kappa shape index (κ3) is 7.55. The SMILES string of the molecule is CCc1nncn1CCNC(=NCCc1ccc(Cl)cc1)NC(C)c1cccs1.I. The first-order valence-electron chi connectivity index (χ1n) is 9.85. The van der Waals surface area contributed by atoms with E-state index in [-0.39, 0.29) is 30.0 Å². The van der Waals surface area contributed by atoms with Crippen molar-refractivity contribution < 1.29 is 0 Å². The molecule has 0 aliphatic rings. The minimum atomic E-state index is 0. The lowest BCUT2D eigenvalue weighted by Crippen LogP contribution is -2.40. The van der Waals surface area contributed by atoms with Crippen LogP contribution in [0.4, 0.5) is 0 Å². The van der Waals surface area contributed by atoms with Crippen LogP contribution in [0.25, 0.3) is 0 Å². The van der Waals surface area contributed by atoms with E-state index in [2.05, 4.69) is 56.8 Å². The van der Waals surface area contributed by atoms with Crippen molar-refractivity contribution in [3.63, 3.8) is 0 Å². The number of rotatable bonds is 9. The molecule has 0 radical (unpaired) electrons.